The topological polar surface area (TPSA) is 71.1 Å². The molecule has 0 aromatic heterocycles. The minimum absolute atomic E-state index is 0.0540. The van der Waals surface area contributed by atoms with Crippen LogP contribution in [0.15, 0.2) is 0 Å². The third kappa shape index (κ3) is 4.87. The van der Waals surface area contributed by atoms with Gasteiger partial charge in [0.1, 0.15) is 0 Å². The first-order chi connectivity index (χ1) is 10.3. The highest BCUT2D eigenvalue weighted by molar-refractivity contribution is 7.87. The van der Waals surface area contributed by atoms with E-state index in [9.17, 15) is 8.42 Å². The average Bonchev–Trinajstić information content (AvgIpc) is 2.87. The van der Waals surface area contributed by atoms with E-state index in [2.05, 4.69) is 9.62 Å². The van der Waals surface area contributed by atoms with Crippen LogP contribution in [0.2, 0.25) is 0 Å². The summed E-state index contributed by atoms with van der Waals surface area (Å²) < 4.78 is 40.3. The Morgan fingerprint density at radius 3 is 2.59 bits per heavy atom. The lowest BCUT2D eigenvalue weighted by molar-refractivity contribution is 0.0288. The molecule has 2 aliphatic heterocycles. The fourth-order valence-electron chi connectivity index (χ4n) is 3.24. The highest BCUT2D eigenvalue weighted by atomic mass is 32.2. The van der Waals surface area contributed by atoms with Gasteiger partial charge in [-0.25, -0.2) is 0 Å². The van der Waals surface area contributed by atoms with Crippen LogP contribution in [0.4, 0.5) is 0 Å². The lowest BCUT2D eigenvalue weighted by Gasteiger charge is -2.36. The third-order valence-corrected chi connectivity index (χ3v) is 6.03. The molecule has 2 aliphatic rings. The van der Waals surface area contributed by atoms with E-state index in [0.29, 0.717) is 32.9 Å². The van der Waals surface area contributed by atoms with E-state index in [4.69, 9.17) is 9.47 Å². The molecule has 2 heterocycles. The molecule has 2 rings (SSSR count). The Hall–Kier alpha value is -0.250. The molecule has 1 unspecified atom stereocenters. The Kier molecular flexibility index (Phi) is 6.21. The molecule has 0 aromatic carbocycles. The smallest absolute Gasteiger partial charge is 0.280 e. The minimum atomic E-state index is -3.49. The molecule has 2 saturated heterocycles. The van der Waals surface area contributed by atoms with E-state index in [-0.39, 0.29) is 6.04 Å². The molecule has 1 atom stereocenters. The summed E-state index contributed by atoms with van der Waals surface area (Å²) in [5.41, 5.74) is -0.517. The van der Waals surface area contributed by atoms with Crippen molar-refractivity contribution in [2.45, 2.75) is 38.3 Å². The van der Waals surface area contributed by atoms with E-state index in [1.165, 1.54) is 0 Å². The van der Waals surface area contributed by atoms with E-state index < -0.39 is 15.7 Å². The van der Waals surface area contributed by atoms with Crippen LogP contribution in [0.5, 0.6) is 0 Å². The second kappa shape index (κ2) is 7.55. The number of methoxy groups -OCH3 is 1. The van der Waals surface area contributed by atoms with Crippen molar-refractivity contribution in [1.82, 2.24) is 13.9 Å². The molecule has 0 radical (unpaired) electrons. The summed E-state index contributed by atoms with van der Waals surface area (Å²) in [7, 11) is -1.88. The number of hydrogen-bond donors (Lipinski definition) is 1. The fraction of sp³-hybridized carbons (Fsp3) is 1.00. The molecule has 22 heavy (non-hydrogen) atoms. The van der Waals surface area contributed by atoms with Crippen LogP contribution in [-0.2, 0) is 19.7 Å². The molecule has 8 heteroatoms. The van der Waals surface area contributed by atoms with Gasteiger partial charge in [0.2, 0.25) is 0 Å². The summed E-state index contributed by atoms with van der Waals surface area (Å²) in [6.07, 6.45) is 1.75. The zero-order valence-electron chi connectivity index (χ0n) is 13.9. The van der Waals surface area contributed by atoms with Gasteiger partial charge in [0.25, 0.3) is 10.2 Å². The van der Waals surface area contributed by atoms with Crippen LogP contribution in [0.25, 0.3) is 0 Å². The van der Waals surface area contributed by atoms with Gasteiger partial charge in [-0.05, 0) is 26.7 Å². The van der Waals surface area contributed by atoms with Gasteiger partial charge in [0, 0.05) is 44.9 Å². The molecule has 0 amide bonds. The zero-order valence-corrected chi connectivity index (χ0v) is 14.7. The molecule has 0 spiro atoms. The van der Waals surface area contributed by atoms with Gasteiger partial charge >= 0.3 is 0 Å². The summed E-state index contributed by atoms with van der Waals surface area (Å²) in [5, 5.41) is 0. The first-order valence-electron chi connectivity index (χ1n) is 7.94. The highest BCUT2D eigenvalue weighted by Gasteiger charge is 2.37. The summed E-state index contributed by atoms with van der Waals surface area (Å²) >= 11 is 0. The van der Waals surface area contributed by atoms with Crippen molar-refractivity contribution in [3.05, 3.63) is 0 Å². The highest BCUT2D eigenvalue weighted by Crippen LogP contribution is 2.22. The van der Waals surface area contributed by atoms with Crippen molar-refractivity contribution < 1.29 is 17.9 Å². The first kappa shape index (κ1) is 18.1. The Morgan fingerprint density at radius 2 is 1.95 bits per heavy atom. The van der Waals surface area contributed by atoms with E-state index in [1.54, 1.807) is 11.4 Å². The molecule has 1 N–H and O–H groups in total. The molecular weight excluding hydrogens is 306 g/mol. The quantitative estimate of drug-likeness (QED) is 0.711. The largest absolute Gasteiger partial charge is 0.383 e. The summed E-state index contributed by atoms with van der Waals surface area (Å²) in [6.45, 7) is 8.68. The molecule has 130 valence electrons. The van der Waals surface area contributed by atoms with Gasteiger partial charge in [-0.3, -0.25) is 4.90 Å². The van der Waals surface area contributed by atoms with Crippen LogP contribution in [0.1, 0.15) is 26.7 Å². The van der Waals surface area contributed by atoms with Gasteiger partial charge in [-0.2, -0.15) is 17.4 Å². The number of nitrogens with one attached hydrogen (secondary N) is 1. The van der Waals surface area contributed by atoms with Crippen molar-refractivity contribution in [2.24, 2.45) is 0 Å². The van der Waals surface area contributed by atoms with Crippen molar-refractivity contribution in [3.8, 4) is 0 Å². The molecule has 0 aliphatic carbocycles. The zero-order chi connectivity index (χ0) is 16.2. The van der Waals surface area contributed by atoms with Crippen molar-refractivity contribution >= 4 is 10.2 Å². The number of rotatable bonds is 7. The Morgan fingerprint density at radius 1 is 1.27 bits per heavy atom. The predicted octanol–water partition coefficient (Wildman–Crippen LogP) is 0.0424. The van der Waals surface area contributed by atoms with Gasteiger partial charge in [-0.15, -0.1) is 0 Å². The maximum absolute atomic E-state index is 12.7. The van der Waals surface area contributed by atoms with Gasteiger partial charge in [0.15, 0.2) is 0 Å². The van der Waals surface area contributed by atoms with Crippen LogP contribution in [0.3, 0.4) is 0 Å². The Balaban J connectivity index is 1.96. The normalized spacial score (nSPS) is 25.7. The fourth-order valence-corrected chi connectivity index (χ4v) is 5.05. The first-order valence-corrected chi connectivity index (χ1v) is 9.38. The molecule has 0 bridgehead atoms. The SMILES string of the molecule is COCC1CCCN1S(=O)(=O)NC(C)(C)CN1CCOCC1. The summed E-state index contributed by atoms with van der Waals surface area (Å²) in [5.74, 6) is 0. The number of ether oxygens (including phenoxy) is 2. The van der Waals surface area contributed by atoms with Crippen LogP contribution in [-0.4, -0.2) is 82.3 Å². The number of morpholine rings is 1. The molecule has 0 aromatic rings. The van der Waals surface area contributed by atoms with Crippen LogP contribution >= 0.6 is 0 Å². The second-order valence-electron chi connectivity index (χ2n) is 6.74. The van der Waals surface area contributed by atoms with Crippen molar-refractivity contribution in [3.63, 3.8) is 0 Å². The maximum Gasteiger partial charge on any atom is 0.280 e. The van der Waals surface area contributed by atoms with Crippen LogP contribution < -0.4 is 4.72 Å². The van der Waals surface area contributed by atoms with Gasteiger partial charge in [-0.1, -0.05) is 0 Å². The third-order valence-electron chi connectivity index (χ3n) is 4.12. The summed E-state index contributed by atoms with van der Waals surface area (Å²) in [4.78, 5) is 2.24. The standard InChI is InChI=1S/C14H29N3O4S/c1-14(2,12-16-7-9-21-10-8-16)15-22(18,19)17-6-4-5-13(17)11-20-3/h13,15H,4-12H2,1-3H3. The van der Waals surface area contributed by atoms with Crippen molar-refractivity contribution in [1.29, 1.82) is 0 Å². The van der Waals surface area contributed by atoms with E-state index in [1.807, 2.05) is 13.8 Å². The average molecular weight is 335 g/mol. The van der Waals surface area contributed by atoms with Crippen LogP contribution in [0, 0.1) is 0 Å². The molecular formula is C14H29N3O4S. The lowest BCUT2D eigenvalue weighted by Crippen LogP contribution is -2.57. The monoisotopic (exact) mass is 335 g/mol. The van der Waals surface area contributed by atoms with E-state index in [0.717, 1.165) is 25.9 Å². The lowest BCUT2D eigenvalue weighted by atomic mass is 10.1. The molecule has 2 fully saturated rings. The van der Waals surface area contributed by atoms with Gasteiger partial charge < -0.3 is 9.47 Å². The number of nitrogens with zero attached hydrogens (tertiary/aromatic N) is 2. The molecule has 0 saturated carbocycles. The van der Waals surface area contributed by atoms with E-state index >= 15 is 0 Å². The van der Waals surface area contributed by atoms with Gasteiger partial charge in [0.05, 0.1) is 19.8 Å². The Labute approximate surface area is 134 Å². The number of hydrogen-bond acceptors (Lipinski definition) is 5. The Bertz CT molecular complexity index is 449. The van der Waals surface area contributed by atoms with Crippen molar-refractivity contribution in [2.75, 3.05) is 53.1 Å². The maximum atomic E-state index is 12.7. The molecule has 7 nitrogen and oxygen atoms in total. The second-order valence-corrected chi connectivity index (χ2v) is 8.36. The summed E-state index contributed by atoms with van der Waals surface area (Å²) in [6, 6.07) is -0.0540. The minimum Gasteiger partial charge on any atom is -0.383 e. The predicted molar refractivity (Wildman–Crippen MR) is 85.0 cm³/mol.